The summed E-state index contributed by atoms with van der Waals surface area (Å²) in [6.07, 6.45) is 2.47. The van der Waals surface area contributed by atoms with E-state index in [1.54, 1.807) is 42.6 Å². The predicted molar refractivity (Wildman–Crippen MR) is 125 cm³/mol. The fraction of sp³-hybridized carbons (Fsp3) is 0.115. The van der Waals surface area contributed by atoms with Crippen molar-refractivity contribution in [3.05, 3.63) is 108 Å². The van der Waals surface area contributed by atoms with Gasteiger partial charge in [0.25, 0.3) is 11.8 Å². The third-order valence-corrected chi connectivity index (χ3v) is 5.16. The second kappa shape index (κ2) is 9.75. The average Bonchev–Trinajstić information content (AvgIpc) is 3.34. The second-order valence-corrected chi connectivity index (χ2v) is 7.38. The maximum absolute atomic E-state index is 12.8. The Balaban J connectivity index is 1.40. The average molecular weight is 425 g/mol. The molecule has 4 aromatic rings. The van der Waals surface area contributed by atoms with Gasteiger partial charge in [0.15, 0.2) is 0 Å². The van der Waals surface area contributed by atoms with E-state index in [9.17, 15) is 9.59 Å². The van der Waals surface area contributed by atoms with Gasteiger partial charge in [-0.1, -0.05) is 55.5 Å². The first-order valence-corrected chi connectivity index (χ1v) is 10.5. The van der Waals surface area contributed by atoms with Gasteiger partial charge < -0.3 is 15.6 Å². The Morgan fingerprint density at radius 1 is 0.844 bits per heavy atom. The van der Waals surface area contributed by atoms with Gasteiger partial charge in [0.1, 0.15) is 5.82 Å². The molecule has 0 aliphatic carbocycles. The molecule has 6 nitrogen and oxygen atoms in total. The minimum Gasteiger partial charge on any atom is -0.342 e. The van der Waals surface area contributed by atoms with Gasteiger partial charge in [-0.3, -0.25) is 9.59 Å². The van der Waals surface area contributed by atoms with Gasteiger partial charge in [-0.25, -0.2) is 4.98 Å². The summed E-state index contributed by atoms with van der Waals surface area (Å²) in [7, 11) is 0. The highest BCUT2D eigenvalue weighted by Gasteiger charge is 2.17. The highest BCUT2D eigenvalue weighted by Crippen LogP contribution is 2.21. The Morgan fingerprint density at radius 2 is 1.47 bits per heavy atom. The second-order valence-electron chi connectivity index (χ2n) is 7.38. The van der Waals surface area contributed by atoms with Crippen LogP contribution in [0.1, 0.15) is 45.9 Å². The third kappa shape index (κ3) is 4.92. The van der Waals surface area contributed by atoms with Crippen molar-refractivity contribution in [3.8, 4) is 11.3 Å². The van der Waals surface area contributed by atoms with Gasteiger partial charge in [0.05, 0.1) is 17.9 Å². The van der Waals surface area contributed by atoms with E-state index in [0.717, 1.165) is 11.3 Å². The molecule has 1 unspecified atom stereocenters. The van der Waals surface area contributed by atoms with E-state index >= 15 is 0 Å². The zero-order valence-electron chi connectivity index (χ0n) is 17.7. The lowest BCUT2D eigenvalue weighted by Gasteiger charge is -2.15. The SMILES string of the molecule is CCC(NC(=O)c1ccc(NC(=O)c2ccccc2)cc1)c1ncc(-c2ccccc2)[nH]1. The third-order valence-electron chi connectivity index (χ3n) is 5.16. The van der Waals surface area contributed by atoms with Gasteiger partial charge in [-0.05, 0) is 48.4 Å². The zero-order chi connectivity index (χ0) is 22.3. The number of carbonyl (C=O) groups is 2. The molecule has 0 spiro atoms. The molecule has 0 saturated heterocycles. The molecule has 1 heterocycles. The molecule has 0 fully saturated rings. The van der Waals surface area contributed by atoms with Gasteiger partial charge in [-0.15, -0.1) is 0 Å². The number of aromatic amines is 1. The molecule has 0 aliphatic heterocycles. The van der Waals surface area contributed by atoms with Crippen LogP contribution in [0.4, 0.5) is 5.69 Å². The van der Waals surface area contributed by atoms with E-state index in [2.05, 4.69) is 20.6 Å². The lowest BCUT2D eigenvalue weighted by molar-refractivity contribution is 0.0933. The van der Waals surface area contributed by atoms with E-state index in [1.165, 1.54) is 0 Å². The monoisotopic (exact) mass is 424 g/mol. The number of anilines is 1. The fourth-order valence-corrected chi connectivity index (χ4v) is 3.38. The van der Waals surface area contributed by atoms with Crippen LogP contribution in [0.25, 0.3) is 11.3 Å². The van der Waals surface area contributed by atoms with Crippen LogP contribution in [-0.2, 0) is 0 Å². The number of rotatable bonds is 7. The lowest BCUT2D eigenvalue weighted by atomic mass is 10.1. The number of amides is 2. The molecular formula is C26H24N4O2. The smallest absolute Gasteiger partial charge is 0.255 e. The highest BCUT2D eigenvalue weighted by molar-refractivity contribution is 6.04. The first-order valence-electron chi connectivity index (χ1n) is 10.5. The molecule has 3 aromatic carbocycles. The Bertz CT molecular complexity index is 1190. The van der Waals surface area contributed by atoms with Crippen molar-refractivity contribution in [2.24, 2.45) is 0 Å². The normalized spacial score (nSPS) is 11.5. The van der Waals surface area contributed by atoms with Crippen molar-refractivity contribution in [1.29, 1.82) is 0 Å². The number of benzene rings is 3. The predicted octanol–water partition coefficient (Wildman–Crippen LogP) is 5.21. The topological polar surface area (TPSA) is 86.9 Å². The van der Waals surface area contributed by atoms with E-state index in [1.807, 2.05) is 55.5 Å². The van der Waals surface area contributed by atoms with Gasteiger partial charge in [-0.2, -0.15) is 0 Å². The summed E-state index contributed by atoms with van der Waals surface area (Å²) in [4.78, 5) is 32.8. The van der Waals surface area contributed by atoms with Crippen molar-refractivity contribution in [2.45, 2.75) is 19.4 Å². The minimum atomic E-state index is -0.238. The van der Waals surface area contributed by atoms with Crippen LogP contribution >= 0.6 is 0 Å². The molecule has 4 rings (SSSR count). The first kappa shape index (κ1) is 21.1. The Morgan fingerprint density at radius 3 is 2.12 bits per heavy atom. The van der Waals surface area contributed by atoms with E-state index in [0.29, 0.717) is 29.1 Å². The number of hydrogen-bond donors (Lipinski definition) is 3. The molecule has 6 heteroatoms. The summed E-state index contributed by atoms with van der Waals surface area (Å²) in [6, 6.07) is 25.5. The molecule has 1 atom stereocenters. The molecule has 0 aliphatic rings. The van der Waals surface area contributed by atoms with E-state index in [-0.39, 0.29) is 17.9 Å². The van der Waals surface area contributed by atoms with Gasteiger partial charge >= 0.3 is 0 Å². The van der Waals surface area contributed by atoms with Crippen LogP contribution in [0.3, 0.4) is 0 Å². The summed E-state index contributed by atoms with van der Waals surface area (Å²) in [6.45, 7) is 2.00. The Labute approximate surface area is 186 Å². The summed E-state index contributed by atoms with van der Waals surface area (Å²) >= 11 is 0. The summed E-state index contributed by atoms with van der Waals surface area (Å²) < 4.78 is 0. The molecule has 1 aromatic heterocycles. The number of aromatic nitrogens is 2. The Hall–Kier alpha value is -4.19. The van der Waals surface area contributed by atoms with Crippen molar-refractivity contribution >= 4 is 17.5 Å². The van der Waals surface area contributed by atoms with Crippen molar-refractivity contribution in [1.82, 2.24) is 15.3 Å². The molecule has 0 bridgehead atoms. The highest BCUT2D eigenvalue weighted by atomic mass is 16.2. The molecule has 0 saturated carbocycles. The number of nitrogens with zero attached hydrogens (tertiary/aromatic N) is 1. The van der Waals surface area contributed by atoms with Crippen LogP contribution in [0.15, 0.2) is 91.1 Å². The number of nitrogens with one attached hydrogen (secondary N) is 3. The molecule has 160 valence electrons. The molecular weight excluding hydrogens is 400 g/mol. The van der Waals surface area contributed by atoms with Crippen molar-refractivity contribution < 1.29 is 9.59 Å². The quantitative estimate of drug-likeness (QED) is 0.381. The number of imidazole rings is 1. The van der Waals surface area contributed by atoms with Crippen LogP contribution in [-0.4, -0.2) is 21.8 Å². The molecule has 32 heavy (non-hydrogen) atoms. The minimum absolute atomic E-state index is 0.194. The summed E-state index contributed by atoms with van der Waals surface area (Å²) in [5, 5.41) is 5.86. The molecule has 0 radical (unpaired) electrons. The molecule has 3 N–H and O–H groups in total. The van der Waals surface area contributed by atoms with Gasteiger partial charge in [0.2, 0.25) is 0 Å². The van der Waals surface area contributed by atoms with Crippen LogP contribution in [0.2, 0.25) is 0 Å². The van der Waals surface area contributed by atoms with Crippen LogP contribution in [0.5, 0.6) is 0 Å². The number of hydrogen-bond acceptors (Lipinski definition) is 3. The Kier molecular flexibility index (Phi) is 6.41. The maximum atomic E-state index is 12.8. The van der Waals surface area contributed by atoms with E-state index in [4.69, 9.17) is 0 Å². The largest absolute Gasteiger partial charge is 0.342 e. The van der Waals surface area contributed by atoms with Crippen molar-refractivity contribution in [3.63, 3.8) is 0 Å². The number of carbonyl (C=O) groups excluding carboxylic acids is 2. The van der Waals surface area contributed by atoms with Crippen LogP contribution in [0, 0.1) is 0 Å². The van der Waals surface area contributed by atoms with Gasteiger partial charge in [0, 0.05) is 16.8 Å². The fourth-order valence-electron chi connectivity index (χ4n) is 3.38. The van der Waals surface area contributed by atoms with Crippen LogP contribution < -0.4 is 10.6 Å². The summed E-state index contributed by atoms with van der Waals surface area (Å²) in [5.41, 5.74) is 3.66. The van der Waals surface area contributed by atoms with E-state index < -0.39 is 0 Å². The standard InChI is InChI=1S/C26H24N4O2/c1-2-22(24-27-17-23(29-24)18-9-5-3-6-10-18)30-26(32)20-13-15-21(16-14-20)28-25(31)19-11-7-4-8-12-19/h3-17,22H,2H2,1H3,(H,27,29)(H,28,31)(H,30,32). The molecule has 2 amide bonds. The lowest BCUT2D eigenvalue weighted by Crippen LogP contribution is -2.28. The first-order chi connectivity index (χ1) is 15.6. The van der Waals surface area contributed by atoms with Crippen molar-refractivity contribution in [2.75, 3.05) is 5.32 Å². The maximum Gasteiger partial charge on any atom is 0.255 e. The zero-order valence-corrected chi connectivity index (χ0v) is 17.7. The summed E-state index contributed by atoms with van der Waals surface area (Å²) in [5.74, 6) is 0.322. The number of H-pyrrole nitrogens is 1.